The topological polar surface area (TPSA) is 37.0 Å². The average Bonchev–Trinajstić information content (AvgIpc) is 2.40. The fraction of sp³-hybridized carbons (Fsp3) is 0.267. The lowest BCUT2D eigenvalue weighted by molar-refractivity contribution is 1.16. The summed E-state index contributed by atoms with van der Waals surface area (Å²) in [6, 6.07) is 7.77. The van der Waals surface area contributed by atoms with E-state index >= 15 is 0 Å². The Bertz CT molecular complexity index is 627. The summed E-state index contributed by atoms with van der Waals surface area (Å²) in [7, 11) is 0. The van der Waals surface area contributed by atoms with Crippen molar-refractivity contribution >= 4 is 40.5 Å². The third kappa shape index (κ3) is 3.17. The lowest BCUT2D eigenvalue weighted by atomic mass is 10.1. The molecule has 106 valence electrons. The molecule has 0 aliphatic carbocycles. The molecule has 3 nitrogen and oxygen atoms in total. The SMILES string of the molecule is CCNc1nc(Nc2cccc(C)c2C)c(Cl)cc1Cl. The molecule has 0 atom stereocenters. The van der Waals surface area contributed by atoms with E-state index in [-0.39, 0.29) is 0 Å². The molecular weight excluding hydrogens is 293 g/mol. The van der Waals surface area contributed by atoms with Crippen molar-refractivity contribution in [3.8, 4) is 0 Å². The maximum Gasteiger partial charge on any atom is 0.151 e. The second-order valence-corrected chi connectivity index (χ2v) is 5.37. The third-order valence-corrected chi connectivity index (χ3v) is 3.71. The van der Waals surface area contributed by atoms with Gasteiger partial charge in [0.2, 0.25) is 0 Å². The van der Waals surface area contributed by atoms with Gasteiger partial charge in [0, 0.05) is 12.2 Å². The molecule has 0 saturated carbocycles. The molecule has 0 amide bonds. The monoisotopic (exact) mass is 309 g/mol. The van der Waals surface area contributed by atoms with Crippen LogP contribution in [0.5, 0.6) is 0 Å². The summed E-state index contributed by atoms with van der Waals surface area (Å²) in [6.45, 7) is 6.87. The second kappa shape index (κ2) is 6.33. The van der Waals surface area contributed by atoms with E-state index < -0.39 is 0 Å². The largest absolute Gasteiger partial charge is 0.369 e. The van der Waals surface area contributed by atoms with Gasteiger partial charge in [-0.15, -0.1) is 0 Å². The van der Waals surface area contributed by atoms with E-state index in [4.69, 9.17) is 23.2 Å². The minimum Gasteiger partial charge on any atom is -0.369 e. The smallest absolute Gasteiger partial charge is 0.151 e. The molecule has 1 aromatic heterocycles. The first-order valence-corrected chi connectivity index (χ1v) is 7.21. The predicted octanol–water partition coefficient (Wildman–Crippen LogP) is 5.18. The minimum absolute atomic E-state index is 0.498. The molecule has 0 fully saturated rings. The summed E-state index contributed by atoms with van der Waals surface area (Å²) >= 11 is 12.3. The number of aromatic nitrogens is 1. The quantitative estimate of drug-likeness (QED) is 0.817. The van der Waals surface area contributed by atoms with Crippen molar-refractivity contribution in [2.45, 2.75) is 20.8 Å². The van der Waals surface area contributed by atoms with Gasteiger partial charge in [0.15, 0.2) is 5.82 Å². The highest BCUT2D eigenvalue weighted by atomic mass is 35.5. The first kappa shape index (κ1) is 14.9. The van der Waals surface area contributed by atoms with Crippen LogP contribution in [0.4, 0.5) is 17.3 Å². The number of anilines is 3. The van der Waals surface area contributed by atoms with Gasteiger partial charge in [-0.3, -0.25) is 0 Å². The average molecular weight is 310 g/mol. The first-order valence-electron chi connectivity index (χ1n) is 6.46. The van der Waals surface area contributed by atoms with Crippen LogP contribution < -0.4 is 10.6 Å². The number of hydrogen-bond acceptors (Lipinski definition) is 3. The molecule has 5 heteroatoms. The van der Waals surface area contributed by atoms with E-state index in [2.05, 4.69) is 35.5 Å². The maximum absolute atomic E-state index is 6.21. The Balaban J connectivity index is 2.38. The molecule has 0 radical (unpaired) electrons. The van der Waals surface area contributed by atoms with Crippen molar-refractivity contribution in [2.75, 3.05) is 17.2 Å². The van der Waals surface area contributed by atoms with Crippen molar-refractivity contribution in [3.05, 3.63) is 45.4 Å². The molecule has 0 bridgehead atoms. The highest BCUT2D eigenvalue weighted by molar-refractivity contribution is 6.37. The van der Waals surface area contributed by atoms with Crippen LogP contribution >= 0.6 is 23.2 Å². The number of aryl methyl sites for hydroxylation is 1. The van der Waals surface area contributed by atoms with Gasteiger partial charge in [-0.2, -0.15) is 0 Å². The number of nitrogens with zero attached hydrogens (tertiary/aromatic N) is 1. The Kier molecular flexibility index (Phi) is 4.73. The van der Waals surface area contributed by atoms with E-state index in [1.54, 1.807) is 6.07 Å². The van der Waals surface area contributed by atoms with Gasteiger partial charge >= 0.3 is 0 Å². The van der Waals surface area contributed by atoms with E-state index in [1.807, 2.05) is 19.1 Å². The van der Waals surface area contributed by atoms with Crippen LogP contribution in [0.3, 0.4) is 0 Å². The first-order chi connectivity index (χ1) is 9.52. The van der Waals surface area contributed by atoms with E-state index in [1.165, 1.54) is 11.1 Å². The lowest BCUT2D eigenvalue weighted by Gasteiger charge is -2.14. The summed E-state index contributed by atoms with van der Waals surface area (Å²) in [4.78, 5) is 4.44. The van der Waals surface area contributed by atoms with Crippen LogP contribution in [0.1, 0.15) is 18.1 Å². The summed E-state index contributed by atoms with van der Waals surface area (Å²) in [5.41, 5.74) is 3.38. The van der Waals surface area contributed by atoms with Crippen molar-refractivity contribution in [1.82, 2.24) is 4.98 Å². The van der Waals surface area contributed by atoms with Crippen LogP contribution in [-0.2, 0) is 0 Å². The summed E-state index contributed by atoms with van der Waals surface area (Å²) in [5.74, 6) is 1.23. The molecule has 0 unspecified atom stereocenters. The normalized spacial score (nSPS) is 10.4. The summed E-state index contributed by atoms with van der Waals surface area (Å²) < 4.78 is 0. The summed E-state index contributed by atoms with van der Waals surface area (Å²) in [5, 5.41) is 7.39. The van der Waals surface area contributed by atoms with E-state index in [0.29, 0.717) is 21.7 Å². The van der Waals surface area contributed by atoms with Crippen molar-refractivity contribution in [1.29, 1.82) is 0 Å². The molecule has 2 N–H and O–H groups in total. The third-order valence-electron chi connectivity index (χ3n) is 3.13. The highest BCUT2D eigenvalue weighted by Crippen LogP contribution is 2.32. The molecule has 0 spiro atoms. The van der Waals surface area contributed by atoms with Crippen molar-refractivity contribution in [2.24, 2.45) is 0 Å². The second-order valence-electron chi connectivity index (χ2n) is 4.55. The fourth-order valence-electron chi connectivity index (χ4n) is 1.86. The molecule has 2 rings (SSSR count). The molecule has 2 aromatic rings. The van der Waals surface area contributed by atoms with Gasteiger partial charge in [0.25, 0.3) is 0 Å². The van der Waals surface area contributed by atoms with E-state index in [0.717, 1.165) is 12.2 Å². The predicted molar refractivity (Wildman–Crippen MR) is 87.6 cm³/mol. The lowest BCUT2D eigenvalue weighted by Crippen LogP contribution is -2.04. The van der Waals surface area contributed by atoms with Gasteiger partial charge in [-0.1, -0.05) is 35.3 Å². The maximum atomic E-state index is 6.21. The Morgan fingerprint density at radius 3 is 2.50 bits per heavy atom. The van der Waals surface area contributed by atoms with Crippen LogP contribution in [0.2, 0.25) is 10.0 Å². The number of benzene rings is 1. The van der Waals surface area contributed by atoms with Gasteiger partial charge < -0.3 is 10.6 Å². The molecule has 0 saturated heterocycles. The number of pyridine rings is 1. The molecule has 1 heterocycles. The van der Waals surface area contributed by atoms with Gasteiger partial charge in [0.05, 0.1) is 10.0 Å². The Morgan fingerprint density at radius 2 is 1.80 bits per heavy atom. The van der Waals surface area contributed by atoms with Crippen LogP contribution in [0, 0.1) is 13.8 Å². The minimum atomic E-state index is 0.498. The zero-order chi connectivity index (χ0) is 14.7. The molecule has 0 aliphatic rings. The highest BCUT2D eigenvalue weighted by Gasteiger charge is 2.10. The number of halogens is 2. The number of hydrogen-bond donors (Lipinski definition) is 2. The fourth-order valence-corrected chi connectivity index (χ4v) is 2.33. The number of rotatable bonds is 4. The molecule has 1 aromatic carbocycles. The number of nitrogens with one attached hydrogen (secondary N) is 2. The van der Waals surface area contributed by atoms with Crippen LogP contribution in [-0.4, -0.2) is 11.5 Å². The van der Waals surface area contributed by atoms with Crippen LogP contribution in [0.25, 0.3) is 0 Å². The Hall–Kier alpha value is -1.45. The van der Waals surface area contributed by atoms with Gasteiger partial charge in [0.1, 0.15) is 5.82 Å². The van der Waals surface area contributed by atoms with E-state index in [9.17, 15) is 0 Å². The van der Waals surface area contributed by atoms with Crippen molar-refractivity contribution in [3.63, 3.8) is 0 Å². The van der Waals surface area contributed by atoms with Crippen LogP contribution in [0.15, 0.2) is 24.3 Å². The molecule has 20 heavy (non-hydrogen) atoms. The zero-order valence-corrected chi connectivity index (χ0v) is 13.2. The Morgan fingerprint density at radius 1 is 1.10 bits per heavy atom. The molecule has 0 aliphatic heterocycles. The van der Waals surface area contributed by atoms with Gasteiger partial charge in [-0.05, 0) is 44.0 Å². The molecular formula is C15H17Cl2N3. The standard InChI is InChI=1S/C15H17Cl2N3/c1-4-18-14-11(16)8-12(17)15(20-14)19-13-7-5-6-9(2)10(13)3/h5-8H,4H2,1-3H3,(H2,18,19,20). The Labute approximate surface area is 129 Å². The zero-order valence-electron chi connectivity index (χ0n) is 11.7. The van der Waals surface area contributed by atoms with Gasteiger partial charge in [-0.25, -0.2) is 4.98 Å². The summed E-state index contributed by atoms with van der Waals surface area (Å²) in [6.07, 6.45) is 0. The van der Waals surface area contributed by atoms with Crippen molar-refractivity contribution < 1.29 is 0 Å².